The molecule has 1 aliphatic rings. The van der Waals surface area contributed by atoms with E-state index in [1.165, 1.54) is 6.07 Å². The third kappa shape index (κ3) is 5.19. The van der Waals surface area contributed by atoms with Crippen LogP contribution in [0.2, 0.25) is 0 Å². The SMILES string of the molecule is NC(=O)C(CN1CCC[C@@H](NC(=O)c2ccc3[nH]nc(-c4ccncc4)c3c2)C1)c1c(F)cccc1F. The van der Waals surface area contributed by atoms with Gasteiger partial charge in [0.25, 0.3) is 5.91 Å². The summed E-state index contributed by atoms with van der Waals surface area (Å²) >= 11 is 0. The van der Waals surface area contributed by atoms with Gasteiger partial charge < -0.3 is 16.0 Å². The standard InChI is InChI=1S/C27H26F2N6O2/c28-21-4-1-5-22(29)24(21)20(26(30)36)15-35-12-2-3-18(14-35)32-27(37)17-6-7-23-19(13-17)25(34-33-23)16-8-10-31-11-9-16/h1,4-11,13,18,20H,2-3,12,14-15H2,(H2,30,36)(H,32,37)(H,33,34)/t18-,20?/m1/s1. The van der Waals surface area contributed by atoms with E-state index in [9.17, 15) is 18.4 Å². The zero-order valence-electron chi connectivity index (χ0n) is 20.0. The lowest BCUT2D eigenvalue weighted by Crippen LogP contribution is -2.49. The lowest BCUT2D eigenvalue weighted by Gasteiger charge is -2.35. The molecule has 2 aromatic heterocycles. The van der Waals surface area contributed by atoms with Crippen molar-refractivity contribution in [2.24, 2.45) is 5.73 Å². The number of fused-ring (bicyclic) bond motifs is 1. The van der Waals surface area contributed by atoms with Gasteiger partial charge in [0.2, 0.25) is 5.91 Å². The average Bonchev–Trinajstić information content (AvgIpc) is 3.32. The van der Waals surface area contributed by atoms with Gasteiger partial charge in [-0.3, -0.25) is 19.7 Å². The van der Waals surface area contributed by atoms with Crippen molar-refractivity contribution in [3.05, 3.63) is 83.7 Å². The molecule has 190 valence electrons. The minimum absolute atomic E-state index is 0.0653. The fraction of sp³-hybridized carbons (Fsp3) is 0.259. The molecule has 2 amide bonds. The summed E-state index contributed by atoms with van der Waals surface area (Å²) in [4.78, 5) is 31.2. The van der Waals surface area contributed by atoms with Gasteiger partial charge in [-0.15, -0.1) is 0 Å². The Morgan fingerprint density at radius 1 is 1.14 bits per heavy atom. The van der Waals surface area contributed by atoms with Crippen LogP contribution in [0.5, 0.6) is 0 Å². The number of hydrogen-bond donors (Lipinski definition) is 3. The molecule has 0 aliphatic carbocycles. The highest BCUT2D eigenvalue weighted by Crippen LogP contribution is 2.27. The van der Waals surface area contributed by atoms with Crippen LogP contribution in [0.25, 0.3) is 22.2 Å². The van der Waals surface area contributed by atoms with Crippen molar-refractivity contribution < 1.29 is 18.4 Å². The molecule has 0 bridgehead atoms. The van der Waals surface area contributed by atoms with Gasteiger partial charge in [0.15, 0.2) is 0 Å². The smallest absolute Gasteiger partial charge is 0.251 e. The van der Waals surface area contributed by atoms with Gasteiger partial charge in [0.05, 0.1) is 11.4 Å². The number of aromatic nitrogens is 3. The fourth-order valence-electron chi connectivity index (χ4n) is 4.92. The number of rotatable bonds is 7. The Morgan fingerprint density at radius 2 is 1.89 bits per heavy atom. The van der Waals surface area contributed by atoms with Gasteiger partial charge in [0.1, 0.15) is 17.3 Å². The second kappa shape index (κ2) is 10.4. The molecule has 1 aliphatic heterocycles. The first-order chi connectivity index (χ1) is 17.9. The molecule has 0 radical (unpaired) electrons. The number of halogens is 2. The number of carbonyl (C=O) groups is 2. The van der Waals surface area contributed by atoms with E-state index < -0.39 is 23.5 Å². The first kappa shape index (κ1) is 24.5. The summed E-state index contributed by atoms with van der Waals surface area (Å²) in [6.45, 7) is 1.13. The van der Waals surface area contributed by atoms with Crippen LogP contribution in [0.3, 0.4) is 0 Å². The van der Waals surface area contributed by atoms with E-state index in [1.807, 2.05) is 23.1 Å². The van der Waals surface area contributed by atoms with Crippen LogP contribution >= 0.6 is 0 Å². The molecule has 1 fully saturated rings. The third-order valence-electron chi connectivity index (χ3n) is 6.75. The van der Waals surface area contributed by atoms with Gasteiger partial charge in [-0.2, -0.15) is 5.10 Å². The van der Waals surface area contributed by atoms with E-state index in [0.29, 0.717) is 18.7 Å². The highest BCUT2D eigenvalue weighted by molar-refractivity contribution is 6.01. The molecule has 5 rings (SSSR count). The Balaban J connectivity index is 1.29. The van der Waals surface area contributed by atoms with Gasteiger partial charge in [0, 0.05) is 53.6 Å². The first-order valence-electron chi connectivity index (χ1n) is 12.1. The lowest BCUT2D eigenvalue weighted by atomic mass is 9.95. The summed E-state index contributed by atoms with van der Waals surface area (Å²) in [5.41, 5.74) is 8.12. The molecule has 0 spiro atoms. The van der Waals surface area contributed by atoms with Crippen molar-refractivity contribution in [3.8, 4) is 11.3 Å². The number of likely N-dealkylation sites (tertiary alicyclic amines) is 1. The number of H-pyrrole nitrogens is 1. The number of nitrogens with zero attached hydrogens (tertiary/aromatic N) is 3. The van der Waals surface area contributed by atoms with Crippen molar-refractivity contribution >= 4 is 22.7 Å². The number of piperidine rings is 1. The maximum Gasteiger partial charge on any atom is 0.251 e. The number of benzene rings is 2. The molecular weight excluding hydrogens is 478 g/mol. The molecule has 1 unspecified atom stereocenters. The van der Waals surface area contributed by atoms with E-state index in [0.717, 1.165) is 47.1 Å². The third-order valence-corrected chi connectivity index (χ3v) is 6.75. The highest BCUT2D eigenvalue weighted by Gasteiger charge is 2.30. The van der Waals surface area contributed by atoms with E-state index >= 15 is 0 Å². The number of carbonyl (C=O) groups excluding carboxylic acids is 2. The van der Waals surface area contributed by atoms with Crippen molar-refractivity contribution in [1.82, 2.24) is 25.4 Å². The quantitative estimate of drug-likeness (QED) is 0.357. The molecule has 37 heavy (non-hydrogen) atoms. The average molecular weight is 505 g/mol. The van der Waals surface area contributed by atoms with Crippen molar-refractivity contribution in [2.45, 2.75) is 24.8 Å². The minimum Gasteiger partial charge on any atom is -0.369 e. The molecule has 3 heterocycles. The van der Waals surface area contributed by atoms with Crippen LogP contribution in [0, 0.1) is 11.6 Å². The van der Waals surface area contributed by atoms with Gasteiger partial charge >= 0.3 is 0 Å². The number of amides is 2. The van der Waals surface area contributed by atoms with Crippen LogP contribution in [-0.2, 0) is 4.79 Å². The number of nitrogens with one attached hydrogen (secondary N) is 2. The molecular formula is C27H26F2N6O2. The van der Waals surface area contributed by atoms with Crippen molar-refractivity contribution in [1.29, 1.82) is 0 Å². The summed E-state index contributed by atoms with van der Waals surface area (Å²) in [5, 5.41) is 11.3. The number of nitrogens with two attached hydrogens (primary N) is 1. The molecule has 2 atom stereocenters. The van der Waals surface area contributed by atoms with Gasteiger partial charge in [-0.1, -0.05) is 6.07 Å². The molecule has 4 N–H and O–H groups in total. The summed E-state index contributed by atoms with van der Waals surface area (Å²) < 4.78 is 28.7. The Bertz CT molecular complexity index is 1420. The highest BCUT2D eigenvalue weighted by atomic mass is 19.1. The Hall–Kier alpha value is -4.18. The summed E-state index contributed by atoms with van der Waals surface area (Å²) in [5.74, 6) is -3.76. The summed E-state index contributed by atoms with van der Waals surface area (Å²) in [6, 6.07) is 12.3. The topological polar surface area (TPSA) is 117 Å². The van der Waals surface area contributed by atoms with E-state index in [2.05, 4.69) is 20.5 Å². The maximum absolute atomic E-state index is 14.3. The lowest BCUT2D eigenvalue weighted by molar-refractivity contribution is -0.120. The van der Waals surface area contributed by atoms with Gasteiger partial charge in [-0.05, 0) is 61.9 Å². The van der Waals surface area contributed by atoms with Crippen molar-refractivity contribution in [2.75, 3.05) is 19.6 Å². The largest absolute Gasteiger partial charge is 0.369 e. The van der Waals surface area contributed by atoms with Gasteiger partial charge in [-0.25, -0.2) is 8.78 Å². The summed E-state index contributed by atoms with van der Waals surface area (Å²) in [6.07, 6.45) is 4.87. The molecule has 2 aromatic carbocycles. The molecule has 0 saturated carbocycles. The Kier molecular flexibility index (Phi) is 6.91. The monoisotopic (exact) mass is 504 g/mol. The first-order valence-corrected chi connectivity index (χ1v) is 12.1. The Morgan fingerprint density at radius 3 is 2.62 bits per heavy atom. The second-order valence-electron chi connectivity index (χ2n) is 9.23. The number of pyridine rings is 1. The zero-order chi connectivity index (χ0) is 25.9. The number of hydrogen-bond acceptors (Lipinski definition) is 5. The van der Waals surface area contributed by atoms with Crippen molar-refractivity contribution in [3.63, 3.8) is 0 Å². The van der Waals surface area contributed by atoms with E-state index in [1.54, 1.807) is 24.5 Å². The predicted octanol–water partition coefficient (Wildman–Crippen LogP) is 3.37. The predicted molar refractivity (Wildman–Crippen MR) is 135 cm³/mol. The number of primary amides is 1. The molecule has 8 nitrogen and oxygen atoms in total. The van der Waals surface area contributed by atoms with Crippen LogP contribution in [-0.4, -0.2) is 57.6 Å². The fourth-order valence-corrected chi connectivity index (χ4v) is 4.92. The maximum atomic E-state index is 14.3. The molecule has 10 heteroatoms. The minimum atomic E-state index is -1.13. The van der Waals surface area contributed by atoms with E-state index in [-0.39, 0.29) is 24.1 Å². The van der Waals surface area contributed by atoms with E-state index in [4.69, 9.17) is 5.73 Å². The summed E-state index contributed by atoms with van der Waals surface area (Å²) in [7, 11) is 0. The zero-order valence-corrected chi connectivity index (χ0v) is 20.0. The molecule has 1 saturated heterocycles. The van der Waals surface area contributed by atoms with Crippen LogP contribution in [0.4, 0.5) is 8.78 Å². The number of aromatic amines is 1. The van der Waals surface area contributed by atoms with Crippen LogP contribution in [0.1, 0.15) is 34.7 Å². The van der Waals surface area contributed by atoms with Crippen LogP contribution < -0.4 is 11.1 Å². The normalized spacial score (nSPS) is 17.0. The Labute approximate surface area is 211 Å². The second-order valence-corrected chi connectivity index (χ2v) is 9.23. The molecule has 4 aromatic rings. The van der Waals surface area contributed by atoms with Crippen LogP contribution in [0.15, 0.2) is 60.9 Å².